The van der Waals surface area contributed by atoms with Gasteiger partial charge in [-0.2, -0.15) is 0 Å². The summed E-state index contributed by atoms with van der Waals surface area (Å²) in [5, 5.41) is 3.53. The number of likely N-dealkylation sites (tertiary alicyclic amines) is 1. The third-order valence-electron chi connectivity index (χ3n) is 3.86. The zero-order chi connectivity index (χ0) is 15.1. The van der Waals surface area contributed by atoms with Gasteiger partial charge in [-0.3, -0.25) is 0 Å². The van der Waals surface area contributed by atoms with Crippen LogP contribution >= 0.6 is 0 Å². The molecule has 0 aliphatic carbocycles. The van der Waals surface area contributed by atoms with Gasteiger partial charge in [0.15, 0.2) is 0 Å². The normalized spacial score (nSPS) is 16.3. The van der Waals surface area contributed by atoms with Crippen molar-refractivity contribution in [2.75, 3.05) is 26.2 Å². The van der Waals surface area contributed by atoms with Gasteiger partial charge in [0, 0.05) is 24.2 Å². The van der Waals surface area contributed by atoms with Gasteiger partial charge in [0.25, 0.3) is 0 Å². The Bertz CT molecular complexity index is 419. The molecule has 1 aliphatic rings. The number of rotatable bonds is 7. The lowest BCUT2D eigenvalue weighted by molar-refractivity contribution is 0.261. The molecule has 1 saturated heterocycles. The Morgan fingerprint density at radius 1 is 1.14 bits per heavy atom. The molecule has 0 spiro atoms. The summed E-state index contributed by atoms with van der Waals surface area (Å²) in [7, 11) is 0. The van der Waals surface area contributed by atoms with Crippen LogP contribution in [0.5, 0.6) is 5.75 Å². The van der Waals surface area contributed by atoms with E-state index in [0.717, 1.165) is 25.3 Å². The molecule has 0 aromatic heterocycles. The summed E-state index contributed by atoms with van der Waals surface area (Å²) in [4.78, 5) is 2.54. The molecule has 2 rings (SSSR count). The lowest BCUT2D eigenvalue weighted by atomic mass is 10.1. The monoisotopic (exact) mass is 290 g/mol. The molecule has 0 radical (unpaired) electrons. The molecule has 0 saturated carbocycles. The predicted octanol–water partition coefficient (Wildman–Crippen LogP) is 3.44. The second-order valence-corrected chi connectivity index (χ2v) is 6.96. The number of benzene rings is 1. The van der Waals surface area contributed by atoms with E-state index in [4.69, 9.17) is 4.74 Å². The molecule has 1 heterocycles. The standard InChI is InChI=1S/C18H30N2O/c1-18(2,3)19-15-16-9-4-5-10-17(16)21-14-8-13-20-11-6-7-12-20/h4-5,9-10,19H,6-8,11-15H2,1-3H3. The van der Waals surface area contributed by atoms with E-state index in [-0.39, 0.29) is 5.54 Å². The molecule has 1 fully saturated rings. The second kappa shape index (κ2) is 7.81. The van der Waals surface area contributed by atoms with Crippen LogP contribution in [0.15, 0.2) is 24.3 Å². The third kappa shape index (κ3) is 6.06. The average molecular weight is 290 g/mol. The fourth-order valence-corrected chi connectivity index (χ4v) is 2.63. The zero-order valence-electron chi connectivity index (χ0n) is 13.8. The summed E-state index contributed by atoms with van der Waals surface area (Å²) in [6, 6.07) is 8.36. The van der Waals surface area contributed by atoms with Crippen LogP contribution in [0, 0.1) is 0 Å². The molecule has 0 bridgehead atoms. The first-order chi connectivity index (χ1) is 10.0. The summed E-state index contributed by atoms with van der Waals surface area (Å²) in [6.07, 6.45) is 3.84. The first-order valence-electron chi connectivity index (χ1n) is 8.23. The van der Waals surface area contributed by atoms with Gasteiger partial charge in [0.2, 0.25) is 0 Å². The number of nitrogens with one attached hydrogen (secondary N) is 1. The van der Waals surface area contributed by atoms with Crippen LogP contribution < -0.4 is 10.1 Å². The van der Waals surface area contributed by atoms with Crippen molar-refractivity contribution in [3.8, 4) is 5.75 Å². The molecule has 3 heteroatoms. The van der Waals surface area contributed by atoms with E-state index >= 15 is 0 Å². The predicted molar refractivity (Wildman–Crippen MR) is 88.8 cm³/mol. The van der Waals surface area contributed by atoms with Gasteiger partial charge < -0.3 is 15.0 Å². The molecule has 3 nitrogen and oxygen atoms in total. The smallest absolute Gasteiger partial charge is 0.123 e. The SMILES string of the molecule is CC(C)(C)NCc1ccccc1OCCCN1CCCC1. The van der Waals surface area contributed by atoms with Crippen LogP contribution in [0.1, 0.15) is 45.6 Å². The number of nitrogens with zero attached hydrogens (tertiary/aromatic N) is 1. The Kier molecular flexibility index (Phi) is 6.07. The number of hydrogen-bond acceptors (Lipinski definition) is 3. The quantitative estimate of drug-likeness (QED) is 0.779. The molecule has 118 valence electrons. The summed E-state index contributed by atoms with van der Waals surface area (Å²) in [6.45, 7) is 11.9. The van der Waals surface area contributed by atoms with Gasteiger partial charge in [0.1, 0.15) is 5.75 Å². The van der Waals surface area contributed by atoms with Gasteiger partial charge in [-0.15, -0.1) is 0 Å². The molecular weight excluding hydrogens is 260 g/mol. The Morgan fingerprint density at radius 2 is 1.86 bits per heavy atom. The van der Waals surface area contributed by atoms with E-state index in [2.05, 4.69) is 55.3 Å². The molecule has 1 aromatic rings. The summed E-state index contributed by atoms with van der Waals surface area (Å²) >= 11 is 0. The van der Waals surface area contributed by atoms with Crippen molar-refractivity contribution < 1.29 is 4.74 Å². The van der Waals surface area contributed by atoms with Gasteiger partial charge in [0.05, 0.1) is 6.61 Å². The van der Waals surface area contributed by atoms with Crippen molar-refractivity contribution in [3.63, 3.8) is 0 Å². The van der Waals surface area contributed by atoms with Crippen molar-refractivity contribution in [1.29, 1.82) is 0 Å². The second-order valence-electron chi connectivity index (χ2n) is 6.96. The van der Waals surface area contributed by atoms with Crippen molar-refractivity contribution in [1.82, 2.24) is 10.2 Å². The summed E-state index contributed by atoms with van der Waals surface area (Å²) in [5.41, 5.74) is 1.37. The minimum atomic E-state index is 0.128. The van der Waals surface area contributed by atoms with Crippen LogP contribution in [0.2, 0.25) is 0 Å². The van der Waals surface area contributed by atoms with Gasteiger partial charge in [-0.05, 0) is 59.2 Å². The lowest BCUT2D eigenvalue weighted by Crippen LogP contribution is -2.35. The highest BCUT2D eigenvalue weighted by Gasteiger charge is 2.12. The number of para-hydroxylation sites is 1. The maximum atomic E-state index is 6.00. The summed E-state index contributed by atoms with van der Waals surface area (Å²) in [5.74, 6) is 1.02. The molecular formula is C18H30N2O. The maximum Gasteiger partial charge on any atom is 0.123 e. The first kappa shape index (κ1) is 16.3. The van der Waals surface area contributed by atoms with Crippen molar-refractivity contribution in [2.45, 2.75) is 52.1 Å². The van der Waals surface area contributed by atoms with Gasteiger partial charge in [-0.25, -0.2) is 0 Å². The van der Waals surface area contributed by atoms with Crippen LogP contribution in [-0.4, -0.2) is 36.7 Å². The molecule has 1 N–H and O–H groups in total. The lowest BCUT2D eigenvalue weighted by Gasteiger charge is -2.22. The van der Waals surface area contributed by atoms with E-state index in [9.17, 15) is 0 Å². The fraction of sp³-hybridized carbons (Fsp3) is 0.667. The molecule has 0 atom stereocenters. The molecule has 0 amide bonds. The number of ether oxygens (including phenoxy) is 1. The van der Waals surface area contributed by atoms with Gasteiger partial charge >= 0.3 is 0 Å². The van der Waals surface area contributed by atoms with Crippen LogP contribution in [0.25, 0.3) is 0 Å². The highest BCUT2D eigenvalue weighted by atomic mass is 16.5. The third-order valence-corrected chi connectivity index (χ3v) is 3.86. The van der Waals surface area contributed by atoms with Crippen molar-refractivity contribution >= 4 is 0 Å². The molecule has 0 unspecified atom stereocenters. The van der Waals surface area contributed by atoms with Crippen LogP contribution in [0.4, 0.5) is 0 Å². The van der Waals surface area contributed by atoms with E-state index in [1.807, 2.05) is 0 Å². The fourth-order valence-electron chi connectivity index (χ4n) is 2.63. The highest BCUT2D eigenvalue weighted by Crippen LogP contribution is 2.19. The highest BCUT2D eigenvalue weighted by molar-refractivity contribution is 5.33. The van der Waals surface area contributed by atoms with Crippen LogP contribution in [0.3, 0.4) is 0 Å². The van der Waals surface area contributed by atoms with E-state index in [1.165, 1.54) is 38.0 Å². The first-order valence-corrected chi connectivity index (χ1v) is 8.23. The Labute approximate surface area is 129 Å². The zero-order valence-corrected chi connectivity index (χ0v) is 13.8. The van der Waals surface area contributed by atoms with Crippen LogP contribution in [-0.2, 0) is 6.54 Å². The average Bonchev–Trinajstić information content (AvgIpc) is 2.95. The Balaban J connectivity index is 1.76. The van der Waals surface area contributed by atoms with Crippen molar-refractivity contribution in [2.24, 2.45) is 0 Å². The van der Waals surface area contributed by atoms with Gasteiger partial charge in [-0.1, -0.05) is 18.2 Å². The maximum absolute atomic E-state index is 6.00. The minimum Gasteiger partial charge on any atom is -0.493 e. The topological polar surface area (TPSA) is 24.5 Å². The molecule has 1 aliphatic heterocycles. The van der Waals surface area contributed by atoms with E-state index in [1.54, 1.807) is 0 Å². The largest absolute Gasteiger partial charge is 0.493 e. The van der Waals surface area contributed by atoms with E-state index in [0.29, 0.717) is 0 Å². The molecule has 21 heavy (non-hydrogen) atoms. The Morgan fingerprint density at radius 3 is 2.57 bits per heavy atom. The minimum absolute atomic E-state index is 0.128. The summed E-state index contributed by atoms with van der Waals surface area (Å²) < 4.78 is 6.00. The van der Waals surface area contributed by atoms with E-state index < -0.39 is 0 Å². The Hall–Kier alpha value is -1.06. The number of hydrogen-bond donors (Lipinski definition) is 1. The molecule has 1 aromatic carbocycles. The van der Waals surface area contributed by atoms with Crippen molar-refractivity contribution in [3.05, 3.63) is 29.8 Å².